The van der Waals surface area contributed by atoms with Gasteiger partial charge in [-0.3, -0.25) is 4.55 Å². The van der Waals surface area contributed by atoms with Gasteiger partial charge < -0.3 is 9.32 Å². The van der Waals surface area contributed by atoms with Crippen molar-refractivity contribution >= 4 is 26.8 Å². The minimum absolute atomic E-state index is 0.209. The molecule has 1 N–H and O–H groups in total. The van der Waals surface area contributed by atoms with Gasteiger partial charge in [0.15, 0.2) is 0 Å². The zero-order valence-electron chi connectivity index (χ0n) is 13.6. The topological polar surface area (TPSA) is 87.8 Å². The van der Waals surface area contributed by atoms with Crippen LogP contribution in [0.4, 0.5) is 5.69 Å². The SMILES string of the molecule is Cc1cc(=O)oc2cc3c(cc12)CCCN3CCCCS(=O)(=O)O. The van der Waals surface area contributed by atoms with Crippen molar-refractivity contribution in [3.05, 3.63) is 39.7 Å². The van der Waals surface area contributed by atoms with Crippen LogP contribution in [-0.2, 0) is 16.5 Å². The first-order valence-corrected chi connectivity index (χ1v) is 9.72. The first kappa shape index (κ1) is 17.0. The second-order valence-electron chi connectivity index (χ2n) is 6.31. The van der Waals surface area contributed by atoms with Gasteiger partial charge in [-0.05, 0) is 49.8 Å². The molecule has 2 heterocycles. The molecule has 0 saturated heterocycles. The number of aryl methyl sites for hydroxylation is 2. The molecule has 0 aliphatic carbocycles. The number of nitrogens with zero attached hydrogens (tertiary/aromatic N) is 1. The van der Waals surface area contributed by atoms with E-state index in [-0.39, 0.29) is 11.4 Å². The van der Waals surface area contributed by atoms with Crippen LogP contribution in [0.15, 0.2) is 27.4 Å². The van der Waals surface area contributed by atoms with Crippen molar-refractivity contribution < 1.29 is 17.4 Å². The molecule has 7 heteroatoms. The van der Waals surface area contributed by atoms with E-state index in [0.29, 0.717) is 25.0 Å². The Balaban J connectivity index is 1.84. The highest BCUT2D eigenvalue weighted by Gasteiger charge is 2.19. The fourth-order valence-electron chi connectivity index (χ4n) is 3.29. The van der Waals surface area contributed by atoms with E-state index in [4.69, 9.17) is 8.97 Å². The van der Waals surface area contributed by atoms with E-state index < -0.39 is 10.1 Å². The van der Waals surface area contributed by atoms with Crippen molar-refractivity contribution in [1.82, 2.24) is 0 Å². The van der Waals surface area contributed by atoms with Crippen molar-refractivity contribution in [1.29, 1.82) is 0 Å². The second-order valence-corrected chi connectivity index (χ2v) is 7.88. The number of benzene rings is 1. The van der Waals surface area contributed by atoms with E-state index in [1.165, 1.54) is 11.6 Å². The lowest BCUT2D eigenvalue weighted by atomic mass is 9.98. The molecule has 0 saturated carbocycles. The summed E-state index contributed by atoms with van der Waals surface area (Å²) >= 11 is 0. The average Bonchev–Trinajstić information content (AvgIpc) is 2.49. The summed E-state index contributed by atoms with van der Waals surface area (Å²) in [6.07, 6.45) is 3.11. The number of unbranched alkanes of at least 4 members (excludes halogenated alkanes) is 1. The highest BCUT2D eigenvalue weighted by atomic mass is 32.2. The molecule has 1 aliphatic heterocycles. The molecule has 3 rings (SSSR count). The van der Waals surface area contributed by atoms with Gasteiger partial charge in [0, 0.05) is 36.3 Å². The monoisotopic (exact) mass is 351 g/mol. The lowest BCUT2D eigenvalue weighted by molar-refractivity contribution is 0.480. The molecular formula is C17H21NO5S. The summed E-state index contributed by atoms with van der Waals surface area (Å²) in [5.74, 6) is -0.209. The third-order valence-corrected chi connectivity index (χ3v) is 5.25. The van der Waals surface area contributed by atoms with Crippen LogP contribution >= 0.6 is 0 Å². The lowest BCUT2D eigenvalue weighted by Gasteiger charge is -2.31. The third kappa shape index (κ3) is 3.79. The average molecular weight is 351 g/mol. The number of fused-ring (bicyclic) bond motifs is 2. The van der Waals surface area contributed by atoms with Gasteiger partial charge in [-0.15, -0.1) is 0 Å². The molecule has 6 nitrogen and oxygen atoms in total. The van der Waals surface area contributed by atoms with Crippen LogP contribution in [0.5, 0.6) is 0 Å². The molecule has 0 unspecified atom stereocenters. The Hall–Kier alpha value is -1.86. The van der Waals surface area contributed by atoms with Gasteiger partial charge in [0.1, 0.15) is 5.58 Å². The quantitative estimate of drug-likeness (QED) is 0.506. The maximum Gasteiger partial charge on any atom is 0.336 e. The molecule has 130 valence electrons. The normalized spacial score (nSPS) is 14.8. The van der Waals surface area contributed by atoms with E-state index in [0.717, 1.165) is 36.0 Å². The van der Waals surface area contributed by atoms with Gasteiger partial charge in [0.25, 0.3) is 10.1 Å². The van der Waals surface area contributed by atoms with Crippen molar-refractivity contribution in [2.75, 3.05) is 23.7 Å². The predicted octanol–water partition coefficient (Wildman–Crippen LogP) is 2.52. The first-order valence-electron chi connectivity index (χ1n) is 8.11. The highest BCUT2D eigenvalue weighted by molar-refractivity contribution is 7.85. The Bertz CT molecular complexity index is 916. The maximum absolute atomic E-state index is 11.6. The molecular weight excluding hydrogens is 330 g/mol. The molecule has 1 aliphatic rings. The van der Waals surface area contributed by atoms with Crippen molar-refractivity contribution in [3.63, 3.8) is 0 Å². The molecule has 1 aromatic carbocycles. The van der Waals surface area contributed by atoms with Gasteiger partial charge in [-0.1, -0.05) is 0 Å². The Morgan fingerprint density at radius 1 is 1.25 bits per heavy atom. The number of hydrogen-bond acceptors (Lipinski definition) is 5. The summed E-state index contributed by atoms with van der Waals surface area (Å²) < 4.78 is 35.7. The van der Waals surface area contributed by atoms with Crippen molar-refractivity contribution in [2.24, 2.45) is 0 Å². The summed E-state index contributed by atoms with van der Waals surface area (Å²) in [4.78, 5) is 13.8. The highest BCUT2D eigenvalue weighted by Crippen LogP contribution is 2.32. The Morgan fingerprint density at radius 3 is 2.79 bits per heavy atom. The van der Waals surface area contributed by atoms with E-state index in [9.17, 15) is 13.2 Å². The Morgan fingerprint density at radius 2 is 2.04 bits per heavy atom. The smallest absolute Gasteiger partial charge is 0.336 e. The van der Waals surface area contributed by atoms with Crippen LogP contribution in [0.2, 0.25) is 0 Å². The Kier molecular flexibility index (Phi) is 4.64. The van der Waals surface area contributed by atoms with Gasteiger partial charge in [-0.2, -0.15) is 8.42 Å². The minimum Gasteiger partial charge on any atom is -0.423 e. The maximum atomic E-state index is 11.6. The molecule has 0 spiro atoms. The van der Waals surface area contributed by atoms with E-state index in [1.54, 1.807) is 0 Å². The van der Waals surface area contributed by atoms with Crippen molar-refractivity contribution in [3.8, 4) is 0 Å². The van der Waals surface area contributed by atoms with Crippen molar-refractivity contribution in [2.45, 2.75) is 32.6 Å². The minimum atomic E-state index is -3.89. The van der Waals surface area contributed by atoms with Gasteiger partial charge in [0.05, 0.1) is 5.75 Å². The van der Waals surface area contributed by atoms with Crippen LogP contribution < -0.4 is 10.5 Å². The molecule has 0 radical (unpaired) electrons. The van der Waals surface area contributed by atoms with Crippen LogP contribution in [-0.4, -0.2) is 31.8 Å². The van der Waals surface area contributed by atoms with Crippen LogP contribution in [0, 0.1) is 6.92 Å². The second kappa shape index (κ2) is 6.57. The van der Waals surface area contributed by atoms with Gasteiger partial charge in [-0.25, -0.2) is 4.79 Å². The van der Waals surface area contributed by atoms with Crippen LogP contribution in [0.25, 0.3) is 11.0 Å². The fourth-order valence-corrected chi connectivity index (χ4v) is 3.86. The lowest BCUT2D eigenvalue weighted by Crippen LogP contribution is -2.30. The standard InChI is InChI=1S/C17H21NO5S/c1-12-9-17(19)23-16-11-15-13(10-14(12)16)5-4-7-18(15)6-2-3-8-24(20,21)22/h9-11H,2-8H2,1H3,(H,20,21,22). The predicted molar refractivity (Wildman–Crippen MR) is 93.4 cm³/mol. The summed E-state index contributed by atoms with van der Waals surface area (Å²) in [6.45, 7) is 3.51. The largest absolute Gasteiger partial charge is 0.423 e. The zero-order valence-corrected chi connectivity index (χ0v) is 14.4. The number of rotatable bonds is 5. The zero-order chi connectivity index (χ0) is 17.3. The van der Waals surface area contributed by atoms with E-state index in [2.05, 4.69) is 11.0 Å². The van der Waals surface area contributed by atoms with E-state index >= 15 is 0 Å². The Labute approximate surface area is 140 Å². The summed E-state index contributed by atoms with van der Waals surface area (Å²) in [6, 6.07) is 5.51. The molecule has 0 bridgehead atoms. The van der Waals surface area contributed by atoms with E-state index in [1.807, 2.05) is 13.0 Å². The first-order chi connectivity index (χ1) is 11.3. The van der Waals surface area contributed by atoms with Gasteiger partial charge >= 0.3 is 5.63 Å². The summed E-state index contributed by atoms with van der Waals surface area (Å²) in [5, 5.41) is 0.960. The molecule has 1 aromatic heterocycles. The van der Waals surface area contributed by atoms with Gasteiger partial charge in [0.2, 0.25) is 0 Å². The fraction of sp³-hybridized carbons (Fsp3) is 0.471. The third-order valence-electron chi connectivity index (χ3n) is 4.45. The molecule has 24 heavy (non-hydrogen) atoms. The summed E-state index contributed by atoms with van der Waals surface area (Å²) in [5.41, 5.74) is 3.42. The van der Waals surface area contributed by atoms with Crippen LogP contribution in [0.1, 0.15) is 30.4 Å². The number of hydrogen-bond donors (Lipinski definition) is 1. The summed E-state index contributed by atoms with van der Waals surface area (Å²) in [7, 11) is -3.89. The van der Waals surface area contributed by atoms with Crippen LogP contribution in [0.3, 0.4) is 0 Å². The molecule has 0 atom stereocenters. The number of anilines is 1. The molecule has 0 amide bonds. The molecule has 2 aromatic rings. The molecule has 0 fully saturated rings.